The average molecular weight is 1220 g/mol. The molecule has 0 saturated heterocycles. The molecule has 12 nitrogen and oxygen atoms in total. The van der Waals surface area contributed by atoms with Crippen molar-refractivity contribution in [3.05, 3.63) is 94.9 Å². The fourth-order valence-corrected chi connectivity index (χ4v) is 18.1. The molecule has 0 bridgehead atoms. The minimum Gasteiger partial charge on any atom is -0.393 e. The molecule has 2 aromatic heterocycles. The van der Waals surface area contributed by atoms with Crippen molar-refractivity contribution < 1.29 is 76.2 Å². The van der Waals surface area contributed by atoms with E-state index < -0.39 is 11.2 Å². The molecule has 4 unspecified atom stereocenters. The molecule has 8 fully saturated rings. The van der Waals surface area contributed by atoms with Crippen LogP contribution in [0.1, 0.15) is 187 Å². The molecule has 8 aliphatic carbocycles. The first-order valence-corrected chi connectivity index (χ1v) is 29.0. The predicted octanol–water partition coefficient (Wildman–Crippen LogP) is 11.6. The van der Waals surface area contributed by atoms with Crippen LogP contribution >= 0.6 is 22.6 Å². The van der Waals surface area contributed by atoms with E-state index in [2.05, 4.69) is 61.2 Å². The molecule has 15 heteroatoms. The summed E-state index contributed by atoms with van der Waals surface area (Å²) in [6, 6.07) is 10.6. The third-order valence-electron chi connectivity index (χ3n) is 22.3. The second-order valence-corrected chi connectivity index (χ2v) is 25.0. The minimum atomic E-state index is -0.671. The van der Waals surface area contributed by atoms with Crippen LogP contribution in [0.2, 0.25) is 0 Å². The molecule has 2 amide bonds. The van der Waals surface area contributed by atoms with Gasteiger partial charge in [0.15, 0.2) is 11.5 Å². The monoisotopic (exact) mass is 1220 g/mol. The predicted molar refractivity (Wildman–Crippen MR) is 291 cm³/mol. The fraction of sp³-hybridized carbons (Fsp3) is 0.667. The third kappa shape index (κ3) is 10.1. The molecule has 16 atom stereocenters. The van der Waals surface area contributed by atoms with Crippen LogP contribution in [-0.2, 0) is 50.2 Å². The van der Waals surface area contributed by atoms with Crippen molar-refractivity contribution in [1.82, 2.24) is 15.2 Å². The fourth-order valence-electron chi connectivity index (χ4n) is 18.1. The van der Waals surface area contributed by atoms with Crippen LogP contribution in [0.25, 0.3) is 12.2 Å². The van der Waals surface area contributed by atoms with Crippen molar-refractivity contribution in [3.8, 4) is 0 Å². The van der Waals surface area contributed by atoms with Crippen LogP contribution in [0, 0.1) is 81.4 Å². The number of imide groups is 1. The molecule has 1 aliphatic heterocycles. The Bertz CT molecular complexity index is 2520. The van der Waals surface area contributed by atoms with E-state index in [1.165, 1.54) is 11.3 Å². The molecule has 6 N–H and O–H groups in total. The number of allylic oxidation sites excluding steroid dienone is 2. The third-order valence-corrected chi connectivity index (χ3v) is 22.3. The van der Waals surface area contributed by atoms with Gasteiger partial charge in [-0.05, 0) is 198 Å². The molecule has 8 saturated carbocycles. The summed E-state index contributed by atoms with van der Waals surface area (Å²) in [4.78, 5) is 29.9. The van der Waals surface area contributed by atoms with Gasteiger partial charge in [0.25, 0.3) is 11.8 Å². The molecule has 0 spiro atoms. The Kier molecular flexibility index (Phi) is 18.7. The number of amides is 2. The molecule has 9 aliphatic rings. The van der Waals surface area contributed by atoms with E-state index in [0.717, 1.165) is 115 Å². The number of nitrogens with zero attached hydrogens (tertiary/aromatic N) is 3. The summed E-state index contributed by atoms with van der Waals surface area (Å²) >= 11 is 1.90. The van der Waals surface area contributed by atoms with Gasteiger partial charge in [-0.25, -0.2) is 0 Å². The van der Waals surface area contributed by atoms with Gasteiger partial charge in [-0.2, -0.15) is 0 Å². The number of aliphatic hydroxyl groups excluding tert-OH is 2. The summed E-state index contributed by atoms with van der Waals surface area (Å²) < 4.78 is 10.7. The Labute approximate surface area is 483 Å². The van der Waals surface area contributed by atoms with Crippen LogP contribution in [0.4, 0.5) is 0 Å². The first kappa shape index (κ1) is 60.6. The second kappa shape index (κ2) is 23.2. The van der Waals surface area contributed by atoms with Crippen LogP contribution in [0.5, 0.6) is 0 Å². The number of benzene rings is 1. The maximum absolute atomic E-state index is 12.7. The van der Waals surface area contributed by atoms with E-state index in [1.807, 2.05) is 34.7 Å². The Morgan fingerprint density at radius 2 is 1.07 bits per heavy atom. The molecule has 1 aromatic carbocycles. The Hall–Kier alpha value is -2.04. The van der Waals surface area contributed by atoms with Gasteiger partial charge in [-0.15, -0.1) is 0 Å². The van der Waals surface area contributed by atoms with Gasteiger partial charge in [0, 0.05) is 60.1 Å². The molecule has 12 rings (SSSR count). The number of rotatable bonds is 7. The summed E-state index contributed by atoms with van der Waals surface area (Å²) in [6.07, 6.45) is 26.7. The van der Waals surface area contributed by atoms with Crippen molar-refractivity contribution in [2.45, 2.75) is 180 Å². The normalized spacial score (nSPS) is 41.1. The zero-order chi connectivity index (χ0) is 51.0. The van der Waals surface area contributed by atoms with E-state index in [4.69, 9.17) is 14.8 Å². The first-order chi connectivity index (χ1) is 34.4. The van der Waals surface area contributed by atoms with Crippen molar-refractivity contribution in [1.29, 1.82) is 0 Å². The first-order valence-electron chi connectivity index (χ1n) is 27.4. The number of carbonyl (C=O) groups is 2. The molecule has 3 heterocycles. The van der Waals surface area contributed by atoms with Gasteiger partial charge in [-0.1, -0.05) is 62.3 Å². The van der Waals surface area contributed by atoms with E-state index >= 15 is 0 Å². The number of fused-ring (bicyclic) bond motifs is 11. The van der Waals surface area contributed by atoms with E-state index in [-0.39, 0.29) is 103 Å². The van der Waals surface area contributed by atoms with Gasteiger partial charge in [0.1, 0.15) is 11.4 Å². The maximum atomic E-state index is 12.7. The summed E-state index contributed by atoms with van der Waals surface area (Å²) in [6.45, 7) is 9.95. The number of halogens is 1. The number of aromatic nitrogens is 2. The maximum Gasteiger partial charge on any atom is 0.261 e. The van der Waals surface area contributed by atoms with E-state index in [9.17, 15) is 30.0 Å². The molecular formula is C60H83IN4O8V2-2. The number of hydrogen-bond acceptors (Lipinski definition) is 11. The zero-order valence-electron chi connectivity index (χ0n) is 45.0. The molecule has 75 heavy (non-hydrogen) atoms. The smallest absolute Gasteiger partial charge is 0.261 e. The number of aliphatic hydroxyl groups is 4. The number of hydrogen-bond donors (Lipinski definition) is 5. The van der Waals surface area contributed by atoms with Crippen LogP contribution < -0.4 is 5.73 Å². The Balaban J connectivity index is 0.000000211. The molecular weight excluding hydrogens is 1130 g/mol. The molecule has 2 radical (unpaired) electrons. The summed E-state index contributed by atoms with van der Waals surface area (Å²) in [5.74, 6) is 4.17. The minimum absolute atomic E-state index is 0. The molecule has 3 aromatic rings. The van der Waals surface area contributed by atoms with Crippen molar-refractivity contribution >= 4 is 46.6 Å². The summed E-state index contributed by atoms with van der Waals surface area (Å²) in [5.41, 5.74) is 6.94. The Morgan fingerprint density at radius 3 is 1.49 bits per heavy atom. The second-order valence-electron chi connectivity index (χ2n) is 25.0. The number of carbonyl (C=O) groups excluding carboxylic acids is 2. The SMILES string of the molecule is C[C@]12CC[C@H](O)C[C@H]1CCC1C2CC[C@]2(C)[C@@H](/C=C/c3cc(CN)on3)CC[C@]12O.C[C@]12CC[C@H](O)C[C@H]1CCC1C2CC[C@]2(C)[C@@H](/C=C/c3cc(CN4C(=O)c5ccccc5C4=O)on3)CC[C@]12O.[CH2-]I.[CH3-].[V].[V]. The van der Waals surface area contributed by atoms with Crippen LogP contribution in [0.15, 0.2) is 57.6 Å². The summed E-state index contributed by atoms with van der Waals surface area (Å²) in [5, 5.41) is 53.4. The van der Waals surface area contributed by atoms with Crippen LogP contribution in [0.3, 0.4) is 0 Å². The Morgan fingerprint density at radius 1 is 0.640 bits per heavy atom. The number of nitrogens with two attached hydrogens (primary N) is 1. The average Bonchev–Trinajstić information content (AvgIpc) is 4.19. The van der Waals surface area contributed by atoms with E-state index in [0.29, 0.717) is 76.3 Å². The van der Waals surface area contributed by atoms with Crippen LogP contribution in [-0.4, -0.2) is 70.9 Å². The van der Waals surface area contributed by atoms with Gasteiger partial charge < -0.3 is 65.2 Å². The van der Waals surface area contributed by atoms with Crippen molar-refractivity contribution in [2.75, 3.05) is 0 Å². The van der Waals surface area contributed by atoms with Gasteiger partial charge >= 0.3 is 0 Å². The largest absolute Gasteiger partial charge is 0.393 e. The van der Waals surface area contributed by atoms with Crippen molar-refractivity contribution in [2.24, 2.45) is 74.7 Å². The van der Waals surface area contributed by atoms with Crippen molar-refractivity contribution in [3.63, 3.8) is 0 Å². The zero-order valence-corrected chi connectivity index (χ0v) is 50.0. The van der Waals surface area contributed by atoms with Gasteiger partial charge in [0.2, 0.25) is 0 Å². The molecule has 410 valence electrons. The summed E-state index contributed by atoms with van der Waals surface area (Å²) in [7, 11) is 0. The topological polar surface area (TPSA) is 196 Å². The van der Waals surface area contributed by atoms with E-state index in [1.54, 1.807) is 30.3 Å². The quantitative estimate of drug-likeness (QED) is 0.0858. The van der Waals surface area contributed by atoms with Gasteiger partial charge in [-0.3, -0.25) is 19.4 Å². The van der Waals surface area contributed by atoms with Gasteiger partial charge in [0.05, 0.1) is 47.6 Å². The standard InChI is InChI=1S/C33H40N2O5.C25H38N2O3.CH2I.CH3.2V/c1-31-14-12-23(36)17-21(31)8-10-28-27(31)13-15-32(2)20(11-16-33(28,32)39)7-9-22-18-24(40-34-22)19-35-29(37)25-5-3-4-6-26(25)30(35)38;1-23-10-8-19(28)13-17(23)4-6-22-21(23)9-11-24(2)16(7-12-25(22,24)29)3-5-18-14-20(15-26)30-27-18;1-2;;;/h3-7,9,18,20-21,23,27-28,36,39H,8,10-17,19H2,1-2H3;3,5,14,16-17,19,21-22,28-29H,4,6-13,15,26H2,1-2H3;1H2;1H3;;/q;;2*-1;;/b9-7+;5-3+;;;;/t20-,21+,23-,27?,28?,31-,32+,33-;16-,17+,19-,21?,22?,23-,24+,25-;;;;/m00..../s1.